The highest BCUT2D eigenvalue weighted by Gasteiger charge is 2.17. The quantitative estimate of drug-likeness (QED) is 0.880. The van der Waals surface area contributed by atoms with E-state index in [-0.39, 0.29) is 5.43 Å². The van der Waals surface area contributed by atoms with E-state index in [0.29, 0.717) is 25.2 Å². The zero-order chi connectivity index (χ0) is 12.5. The molecule has 0 amide bonds. The fraction of sp³-hybridized carbons (Fsp3) is 0.357. The van der Waals surface area contributed by atoms with Crippen LogP contribution in [0.25, 0.3) is 10.9 Å². The average molecular weight is 245 g/mol. The van der Waals surface area contributed by atoms with Crippen LogP contribution >= 0.6 is 0 Å². The van der Waals surface area contributed by atoms with Crippen LogP contribution in [0.4, 0.5) is 0 Å². The van der Waals surface area contributed by atoms with Gasteiger partial charge in [-0.15, -0.1) is 0 Å². The van der Waals surface area contributed by atoms with E-state index in [1.54, 1.807) is 0 Å². The van der Waals surface area contributed by atoms with E-state index in [2.05, 4.69) is 4.98 Å². The molecule has 2 heterocycles. The lowest BCUT2D eigenvalue weighted by Gasteiger charge is -2.17. The first-order valence-corrected chi connectivity index (χ1v) is 6.18. The molecule has 0 saturated heterocycles. The Labute approximate surface area is 105 Å². The van der Waals surface area contributed by atoms with Crippen LogP contribution in [-0.4, -0.2) is 18.2 Å². The van der Waals surface area contributed by atoms with Crippen molar-refractivity contribution in [1.82, 2.24) is 4.98 Å². The number of H-pyrrole nitrogens is 1. The summed E-state index contributed by atoms with van der Waals surface area (Å²) in [7, 11) is 0. The molecular weight excluding hydrogens is 230 g/mol. The number of hydrogen-bond acceptors (Lipinski definition) is 3. The van der Waals surface area contributed by atoms with Gasteiger partial charge in [0.1, 0.15) is 5.75 Å². The maximum absolute atomic E-state index is 12.4. The van der Waals surface area contributed by atoms with Crippen molar-refractivity contribution in [2.45, 2.75) is 20.0 Å². The van der Waals surface area contributed by atoms with Crippen molar-refractivity contribution < 1.29 is 9.47 Å². The minimum absolute atomic E-state index is 0.0556. The summed E-state index contributed by atoms with van der Waals surface area (Å²) >= 11 is 0. The SMILES string of the molecule is CCOc1cccc2c(=O)c3c([nH]c12)CCOC3. The van der Waals surface area contributed by atoms with Crippen molar-refractivity contribution in [1.29, 1.82) is 0 Å². The molecule has 1 aromatic heterocycles. The summed E-state index contributed by atoms with van der Waals surface area (Å²) in [6.45, 7) is 3.58. The fourth-order valence-corrected chi connectivity index (χ4v) is 2.37. The second-order valence-corrected chi connectivity index (χ2v) is 4.33. The topological polar surface area (TPSA) is 51.3 Å². The van der Waals surface area contributed by atoms with Crippen LogP contribution in [-0.2, 0) is 17.8 Å². The minimum Gasteiger partial charge on any atom is -0.492 e. The van der Waals surface area contributed by atoms with Crippen LogP contribution < -0.4 is 10.2 Å². The number of hydrogen-bond donors (Lipinski definition) is 1. The molecule has 0 radical (unpaired) electrons. The Morgan fingerprint density at radius 2 is 2.33 bits per heavy atom. The number of nitrogens with one attached hydrogen (secondary N) is 1. The van der Waals surface area contributed by atoms with E-state index in [1.165, 1.54) is 0 Å². The largest absolute Gasteiger partial charge is 0.492 e. The standard InChI is InChI=1S/C14H15NO3/c1-2-18-12-5-3-4-9-13(12)15-11-6-7-17-8-10(11)14(9)16/h3-5H,2,6-8H2,1H3,(H,15,16). The summed E-state index contributed by atoms with van der Waals surface area (Å²) < 4.78 is 10.9. The van der Waals surface area contributed by atoms with Crippen molar-refractivity contribution in [3.8, 4) is 5.75 Å². The third-order valence-electron chi connectivity index (χ3n) is 3.23. The Hall–Kier alpha value is -1.81. The molecule has 2 aromatic rings. The van der Waals surface area contributed by atoms with E-state index in [4.69, 9.17) is 9.47 Å². The number of rotatable bonds is 2. The number of fused-ring (bicyclic) bond motifs is 2. The number of pyridine rings is 1. The highest BCUT2D eigenvalue weighted by atomic mass is 16.5. The lowest BCUT2D eigenvalue weighted by atomic mass is 10.1. The van der Waals surface area contributed by atoms with E-state index in [0.717, 1.165) is 28.9 Å². The summed E-state index contributed by atoms with van der Waals surface area (Å²) in [6, 6.07) is 5.55. The van der Waals surface area contributed by atoms with Gasteiger partial charge in [-0.2, -0.15) is 0 Å². The lowest BCUT2D eigenvalue weighted by molar-refractivity contribution is 0.108. The molecule has 3 rings (SSSR count). The van der Waals surface area contributed by atoms with Crippen molar-refractivity contribution in [2.75, 3.05) is 13.2 Å². The molecule has 4 heteroatoms. The normalized spacial score (nSPS) is 14.5. The number of benzene rings is 1. The Kier molecular flexibility index (Phi) is 2.80. The Morgan fingerprint density at radius 1 is 1.44 bits per heavy atom. The zero-order valence-corrected chi connectivity index (χ0v) is 10.3. The molecule has 94 valence electrons. The van der Waals surface area contributed by atoms with Crippen LogP contribution in [0.3, 0.4) is 0 Å². The Bertz CT molecular complexity index is 645. The Balaban J connectivity index is 2.31. The van der Waals surface area contributed by atoms with E-state index >= 15 is 0 Å². The molecule has 1 aliphatic heterocycles. The van der Waals surface area contributed by atoms with Gasteiger partial charge in [0.2, 0.25) is 0 Å². The lowest BCUT2D eigenvalue weighted by Crippen LogP contribution is -2.21. The van der Waals surface area contributed by atoms with Gasteiger partial charge < -0.3 is 14.5 Å². The zero-order valence-electron chi connectivity index (χ0n) is 10.3. The van der Waals surface area contributed by atoms with Crippen LogP contribution in [0.5, 0.6) is 5.75 Å². The summed E-state index contributed by atoms with van der Waals surface area (Å²) in [5, 5.41) is 0.671. The molecule has 1 N–H and O–H groups in total. The predicted molar refractivity (Wildman–Crippen MR) is 69.1 cm³/mol. The number of aromatic amines is 1. The Morgan fingerprint density at radius 3 is 3.17 bits per heavy atom. The number of ether oxygens (including phenoxy) is 2. The van der Waals surface area contributed by atoms with Crippen molar-refractivity contribution in [3.05, 3.63) is 39.7 Å². The molecule has 1 aromatic carbocycles. The summed E-state index contributed by atoms with van der Waals surface area (Å²) in [4.78, 5) is 15.7. The summed E-state index contributed by atoms with van der Waals surface area (Å²) in [5.41, 5.74) is 2.58. The second kappa shape index (κ2) is 4.46. The molecule has 0 spiro atoms. The van der Waals surface area contributed by atoms with E-state index < -0.39 is 0 Å². The van der Waals surface area contributed by atoms with Crippen molar-refractivity contribution in [2.24, 2.45) is 0 Å². The molecule has 0 saturated carbocycles. The molecular formula is C14H15NO3. The molecule has 4 nitrogen and oxygen atoms in total. The van der Waals surface area contributed by atoms with Gasteiger partial charge in [0, 0.05) is 23.1 Å². The molecule has 0 unspecified atom stereocenters. The minimum atomic E-state index is 0.0556. The second-order valence-electron chi connectivity index (χ2n) is 4.33. The van der Waals surface area contributed by atoms with Gasteiger partial charge in [-0.3, -0.25) is 4.79 Å². The molecule has 0 bridgehead atoms. The van der Waals surface area contributed by atoms with Crippen LogP contribution in [0.15, 0.2) is 23.0 Å². The number of para-hydroxylation sites is 1. The molecule has 0 aliphatic carbocycles. The molecule has 18 heavy (non-hydrogen) atoms. The van der Waals surface area contributed by atoms with Gasteiger partial charge in [0.05, 0.1) is 25.3 Å². The monoisotopic (exact) mass is 245 g/mol. The van der Waals surface area contributed by atoms with Gasteiger partial charge in [0.25, 0.3) is 0 Å². The molecule has 0 fully saturated rings. The third-order valence-corrected chi connectivity index (χ3v) is 3.23. The van der Waals surface area contributed by atoms with Gasteiger partial charge in [-0.25, -0.2) is 0 Å². The number of aromatic nitrogens is 1. The van der Waals surface area contributed by atoms with Gasteiger partial charge in [-0.05, 0) is 19.1 Å². The molecule has 0 atom stereocenters. The summed E-state index contributed by atoms with van der Waals surface area (Å²) in [5.74, 6) is 0.737. The van der Waals surface area contributed by atoms with Crippen molar-refractivity contribution in [3.63, 3.8) is 0 Å². The average Bonchev–Trinajstić information content (AvgIpc) is 2.40. The van der Waals surface area contributed by atoms with Crippen LogP contribution in [0.2, 0.25) is 0 Å². The highest BCUT2D eigenvalue weighted by molar-refractivity contribution is 5.85. The van der Waals surface area contributed by atoms with Gasteiger partial charge >= 0.3 is 0 Å². The van der Waals surface area contributed by atoms with E-state index in [1.807, 2.05) is 25.1 Å². The predicted octanol–water partition coefficient (Wildman–Crippen LogP) is 2.00. The third kappa shape index (κ3) is 1.69. The van der Waals surface area contributed by atoms with E-state index in [9.17, 15) is 4.79 Å². The summed E-state index contributed by atoms with van der Waals surface area (Å²) in [6.07, 6.45) is 0.751. The molecule has 1 aliphatic rings. The highest BCUT2D eigenvalue weighted by Crippen LogP contribution is 2.24. The maximum Gasteiger partial charge on any atom is 0.195 e. The van der Waals surface area contributed by atoms with Crippen LogP contribution in [0, 0.1) is 0 Å². The first-order valence-electron chi connectivity index (χ1n) is 6.18. The first kappa shape index (κ1) is 11.3. The maximum atomic E-state index is 12.4. The van der Waals surface area contributed by atoms with Gasteiger partial charge in [0.15, 0.2) is 5.43 Å². The fourth-order valence-electron chi connectivity index (χ4n) is 2.37. The van der Waals surface area contributed by atoms with Crippen molar-refractivity contribution >= 4 is 10.9 Å². The van der Waals surface area contributed by atoms with Crippen LogP contribution in [0.1, 0.15) is 18.2 Å². The first-order chi connectivity index (χ1) is 8.81. The van der Waals surface area contributed by atoms with Gasteiger partial charge in [-0.1, -0.05) is 6.07 Å². The smallest absolute Gasteiger partial charge is 0.195 e.